The van der Waals surface area contributed by atoms with E-state index in [1.54, 1.807) is 0 Å². The highest BCUT2D eigenvalue weighted by molar-refractivity contribution is 7.89. The molecule has 0 saturated carbocycles. The Morgan fingerprint density at radius 3 is 2.48 bits per heavy atom. The highest BCUT2D eigenvalue weighted by Crippen LogP contribution is 2.30. The maximum absolute atomic E-state index is 12.9. The van der Waals surface area contributed by atoms with Gasteiger partial charge in [-0.05, 0) is 24.5 Å². The lowest BCUT2D eigenvalue weighted by atomic mass is 9.92. The molecule has 138 valence electrons. The fraction of sp³-hybridized carbons (Fsp3) is 0.500. The maximum Gasteiger partial charge on any atom is 0.341 e. The van der Waals surface area contributed by atoms with Gasteiger partial charge in [0.05, 0.1) is 25.0 Å². The van der Waals surface area contributed by atoms with Crippen LogP contribution in [0.25, 0.3) is 0 Å². The molecule has 1 aromatic rings. The van der Waals surface area contributed by atoms with Gasteiger partial charge in [0.15, 0.2) is 0 Å². The van der Waals surface area contributed by atoms with Crippen molar-refractivity contribution in [3.05, 3.63) is 23.8 Å². The van der Waals surface area contributed by atoms with Gasteiger partial charge in [-0.15, -0.1) is 0 Å². The normalized spacial score (nSPS) is 21.6. The number of sulfonamides is 1. The number of carbonyl (C=O) groups is 2. The Kier molecular flexibility index (Phi) is 5.69. The molecule has 2 unspecified atom stereocenters. The average molecular weight is 371 g/mol. The number of carboxylic acid groups (broad SMARTS) is 1. The molecule has 0 spiro atoms. The Morgan fingerprint density at radius 1 is 1.24 bits per heavy atom. The molecule has 1 N–H and O–H groups in total. The van der Waals surface area contributed by atoms with Gasteiger partial charge >= 0.3 is 11.9 Å². The van der Waals surface area contributed by atoms with E-state index in [1.807, 2.05) is 6.92 Å². The molecule has 2 atom stereocenters. The third-order valence-electron chi connectivity index (χ3n) is 4.19. The minimum atomic E-state index is -3.91. The number of esters is 1. The first-order valence-corrected chi connectivity index (χ1v) is 9.14. The molecular weight excluding hydrogens is 350 g/mol. The summed E-state index contributed by atoms with van der Waals surface area (Å²) in [6.07, 6.45) is 0.436. The molecule has 1 aliphatic heterocycles. The highest BCUT2D eigenvalue weighted by Gasteiger charge is 2.36. The molecule has 8 nitrogen and oxygen atoms in total. The van der Waals surface area contributed by atoms with Crippen LogP contribution in [0.1, 0.15) is 23.7 Å². The topological polar surface area (TPSA) is 110 Å². The summed E-state index contributed by atoms with van der Waals surface area (Å²) in [5.41, 5.74) is 0.111. The van der Waals surface area contributed by atoms with E-state index >= 15 is 0 Å². The number of methoxy groups -OCH3 is 2. The zero-order valence-electron chi connectivity index (χ0n) is 14.3. The van der Waals surface area contributed by atoms with Crippen LogP contribution in [0.15, 0.2) is 23.1 Å². The van der Waals surface area contributed by atoms with E-state index in [4.69, 9.17) is 4.74 Å². The molecule has 0 bridgehead atoms. The van der Waals surface area contributed by atoms with Crippen molar-refractivity contribution in [3.8, 4) is 5.75 Å². The van der Waals surface area contributed by atoms with Crippen molar-refractivity contribution in [3.63, 3.8) is 0 Å². The lowest BCUT2D eigenvalue weighted by Gasteiger charge is -2.33. The first-order chi connectivity index (χ1) is 11.7. The molecule has 9 heteroatoms. The van der Waals surface area contributed by atoms with Crippen molar-refractivity contribution in [1.82, 2.24) is 4.31 Å². The third-order valence-corrected chi connectivity index (χ3v) is 6.02. The molecular formula is C16H21NO7S. The number of carbonyl (C=O) groups excluding carboxylic acids is 1. The van der Waals surface area contributed by atoms with Gasteiger partial charge in [-0.2, -0.15) is 4.31 Å². The molecule has 25 heavy (non-hydrogen) atoms. The second kappa shape index (κ2) is 7.40. The molecule has 0 radical (unpaired) electrons. The predicted molar refractivity (Wildman–Crippen MR) is 88.0 cm³/mol. The van der Waals surface area contributed by atoms with E-state index in [2.05, 4.69) is 4.74 Å². The average Bonchev–Trinajstić information content (AvgIpc) is 2.59. The van der Waals surface area contributed by atoms with E-state index < -0.39 is 27.9 Å². The smallest absolute Gasteiger partial charge is 0.341 e. The van der Waals surface area contributed by atoms with Gasteiger partial charge < -0.3 is 14.6 Å². The standard InChI is InChI=1S/C16H21NO7S/c1-10-6-11(15(18)19)9-17(8-10)25(21,22)12-4-5-13(16(20)24-3)14(7-12)23-2/h4-5,7,10-11H,6,8-9H2,1-3H3,(H,18,19). The number of hydrogen-bond donors (Lipinski definition) is 1. The quantitative estimate of drug-likeness (QED) is 0.775. The summed E-state index contributed by atoms with van der Waals surface area (Å²) in [6.45, 7) is 1.98. The predicted octanol–water partition coefficient (Wildman–Crippen LogP) is 1.21. The third kappa shape index (κ3) is 3.93. The summed E-state index contributed by atoms with van der Waals surface area (Å²) < 4.78 is 36.7. The fourth-order valence-corrected chi connectivity index (χ4v) is 4.56. The van der Waals surface area contributed by atoms with Crippen LogP contribution in [0.3, 0.4) is 0 Å². The van der Waals surface area contributed by atoms with E-state index in [-0.39, 0.29) is 35.2 Å². The Hall–Kier alpha value is -2.13. The van der Waals surface area contributed by atoms with Crippen LogP contribution >= 0.6 is 0 Å². The molecule has 0 amide bonds. The lowest BCUT2D eigenvalue weighted by Crippen LogP contribution is -2.45. The first-order valence-electron chi connectivity index (χ1n) is 7.70. The number of aliphatic carboxylic acids is 1. The van der Waals surface area contributed by atoms with E-state index in [0.717, 1.165) is 0 Å². The zero-order valence-corrected chi connectivity index (χ0v) is 15.1. The molecule has 1 aliphatic rings. The van der Waals surface area contributed by atoms with Gasteiger partial charge in [0.1, 0.15) is 11.3 Å². The van der Waals surface area contributed by atoms with Gasteiger partial charge in [0, 0.05) is 19.2 Å². The van der Waals surface area contributed by atoms with Crippen LogP contribution in [0.5, 0.6) is 5.75 Å². The van der Waals surface area contributed by atoms with Crippen LogP contribution in [-0.2, 0) is 19.6 Å². The Balaban J connectivity index is 2.39. The maximum atomic E-state index is 12.9. The minimum absolute atomic E-state index is 0.0600. The molecule has 0 aromatic heterocycles. The number of rotatable bonds is 5. The molecule has 2 rings (SSSR count). The van der Waals surface area contributed by atoms with Gasteiger partial charge in [-0.3, -0.25) is 4.79 Å². The summed E-state index contributed by atoms with van der Waals surface area (Å²) in [6, 6.07) is 3.86. The van der Waals surface area contributed by atoms with Crippen molar-refractivity contribution < 1.29 is 32.6 Å². The second-order valence-corrected chi connectivity index (χ2v) is 7.99. The summed E-state index contributed by atoms with van der Waals surface area (Å²) in [4.78, 5) is 22.9. The Bertz CT molecular complexity index is 775. The molecule has 1 aromatic carbocycles. The Labute approximate surface area is 146 Å². The summed E-state index contributed by atoms with van der Waals surface area (Å²) in [5.74, 6) is -2.38. The van der Waals surface area contributed by atoms with Gasteiger partial charge in [0.2, 0.25) is 10.0 Å². The second-order valence-electron chi connectivity index (χ2n) is 6.05. The van der Waals surface area contributed by atoms with Crippen molar-refractivity contribution in [2.75, 3.05) is 27.3 Å². The minimum Gasteiger partial charge on any atom is -0.496 e. The fourth-order valence-electron chi connectivity index (χ4n) is 2.94. The monoisotopic (exact) mass is 371 g/mol. The number of nitrogens with zero attached hydrogens (tertiary/aromatic N) is 1. The number of benzene rings is 1. The summed E-state index contributed by atoms with van der Waals surface area (Å²) in [7, 11) is -1.37. The Morgan fingerprint density at radius 2 is 1.92 bits per heavy atom. The molecule has 1 heterocycles. The van der Waals surface area contributed by atoms with E-state index in [1.165, 1.54) is 36.7 Å². The molecule has 1 fully saturated rings. The number of piperidine rings is 1. The number of hydrogen-bond acceptors (Lipinski definition) is 6. The van der Waals surface area contributed by atoms with Crippen molar-refractivity contribution in [2.24, 2.45) is 11.8 Å². The van der Waals surface area contributed by atoms with E-state index in [9.17, 15) is 23.1 Å². The number of carboxylic acids is 1. The molecule has 1 saturated heterocycles. The van der Waals surface area contributed by atoms with Crippen LogP contribution < -0.4 is 4.74 Å². The van der Waals surface area contributed by atoms with Gasteiger partial charge in [0.25, 0.3) is 0 Å². The largest absolute Gasteiger partial charge is 0.496 e. The number of ether oxygens (including phenoxy) is 2. The lowest BCUT2D eigenvalue weighted by molar-refractivity contribution is -0.143. The van der Waals surface area contributed by atoms with Crippen LogP contribution in [-0.4, -0.2) is 57.1 Å². The summed E-state index contributed by atoms with van der Waals surface area (Å²) in [5, 5.41) is 9.22. The SMILES string of the molecule is COC(=O)c1ccc(S(=O)(=O)N2CC(C)CC(C(=O)O)C2)cc1OC. The molecule has 0 aliphatic carbocycles. The van der Waals surface area contributed by atoms with E-state index in [0.29, 0.717) is 6.42 Å². The van der Waals surface area contributed by atoms with Crippen molar-refractivity contribution in [2.45, 2.75) is 18.2 Å². The van der Waals surface area contributed by atoms with Crippen LogP contribution in [0.4, 0.5) is 0 Å². The zero-order chi connectivity index (χ0) is 18.8. The highest BCUT2D eigenvalue weighted by atomic mass is 32.2. The van der Waals surface area contributed by atoms with Crippen molar-refractivity contribution in [1.29, 1.82) is 0 Å². The van der Waals surface area contributed by atoms with Gasteiger partial charge in [-0.25, -0.2) is 13.2 Å². The van der Waals surface area contributed by atoms with Crippen molar-refractivity contribution >= 4 is 22.0 Å². The van der Waals surface area contributed by atoms with Crippen LogP contribution in [0, 0.1) is 11.8 Å². The van der Waals surface area contributed by atoms with Gasteiger partial charge in [-0.1, -0.05) is 6.92 Å². The summed E-state index contributed by atoms with van der Waals surface area (Å²) >= 11 is 0. The van der Waals surface area contributed by atoms with Crippen LogP contribution in [0.2, 0.25) is 0 Å². The first kappa shape index (κ1) is 19.2.